The van der Waals surface area contributed by atoms with E-state index in [1.807, 2.05) is 24.3 Å². The van der Waals surface area contributed by atoms with E-state index in [-0.39, 0.29) is 5.91 Å². The number of hydrogen-bond donors (Lipinski definition) is 2. The van der Waals surface area contributed by atoms with Gasteiger partial charge in [0.1, 0.15) is 0 Å². The summed E-state index contributed by atoms with van der Waals surface area (Å²) < 4.78 is 25.5. The minimum Gasteiger partial charge on any atom is -0.372 e. The van der Waals surface area contributed by atoms with Gasteiger partial charge in [-0.2, -0.15) is 0 Å². The molecule has 1 fully saturated rings. The number of nitrogens with zero attached hydrogens (tertiary/aromatic N) is 2. The van der Waals surface area contributed by atoms with Crippen molar-refractivity contribution in [2.75, 3.05) is 23.3 Å². The fourth-order valence-corrected chi connectivity index (χ4v) is 3.50. The van der Waals surface area contributed by atoms with Crippen LogP contribution < -0.4 is 10.2 Å². The molecule has 0 radical (unpaired) electrons. The second kappa shape index (κ2) is 7.58. The first-order valence-corrected chi connectivity index (χ1v) is 9.44. The van der Waals surface area contributed by atoms with E-state index in [2.05, 4.69) is 27.1 Å². The molecule has 0 bridgehead atoms. The summed E-state index contributed by atoms with van der Waals surface area (Å²) in [6.45, 7) is 4.39. The monoisotopic (exact) mass is 384 g/mol. The number of carbonyl (C=O) groups is 1. The van der Waals surface area contributed by atoms with Crippen molar-refractivity contribution in [3.8, 4) is 0 Å². The standard InChI is InChI=1S/C21H22F2N4O/c1-13-8-10-27(11-9-13)16-5-3-15(4-6-16)24-21(28)14-2-7-17-18(12-14)26-20(25-17)19(22)23/h2-7,12-13,19H,8-11H2,1H3,(H,24,28)(H,25,26). The first-order chi connectivity index (χ1) is 13.5. The Labute approximate surface area is 161 Å². The molecule has 146 valence electrons. The highest BCUT2D eigenvalue weighted by Crippen LogP contribution is 2.25. The molecule has 1 aliphatic heterocycles. The van der Waals surface area contributed by atoms with E-state index in [0.717, 1.165) is 24.7 Å². The lowest BCUT2D eigenvalue weighted by atomic mass is 9.99. The SMILES string of the molecule is CC1CCN(c2ccc(NC(=O)c3ccc4nc(C(F)F)[nH]c4c3)cc2)CC1. The molecule has 28 heavy (non-hydrogen) atoms. The third-order valence-electron chi connectivity index (χ3n) is 5.24. The molecule has 2 heterocycles. The fourth-order valence-electron chi connectivity index (χ4n) is 3.50. The van der Waals surface area contributed by atoms with Crippen molar-refractivity contribution in [2.45, 2.75) is 26.2 Å². The highest BCUT2D eigenvalue weighted by molar-refractivity contribution is 6.06. The lowest BCUT2D eigenvalue weighted by molar-refractivity contribution is 0.102. The normalized spacial score (nSPS) is 15.4. The molecule has 4 rings (SSSR count). The van der Waals surface area contributed by atoms with Gasteiger partial charge in [-0.3, -0.25) is 4.79 Å². The van der Waals surface area contributed by atoms with Crippen molar-refractivity contribution in [1.29, 1.82) is 0 Å². The number of benzene rings is 2. The first-order valence-electron chi connectivity index (χ1n) is 9.44. The largest absolute Gasteiger partial charge is 0.372 e. The van der Waals surface area contributed by atoms with Crippen LogP contribution in [0.3, 0.4) is 0 Å². The van der Waals surface area contributed by atoms with E-state index in [1.54, 1.807) is 12.1 Å². The van der Waals surface area contributed by atoms with E-state index in [4.69, 9.17) is 0 Å². The Hall–Kier alpha value is -2.96. The number of aromatic amines is 1. The predicted octanol–water partition coefficient (Wildman–Crippen LogP) is 4.99. The Bertz CT molecular complexity index is 976. The summed E-state index contributed by atoms with van der Waals surface area (Å²) in [6.07, 6.45) is -0.282. The van der Waals surface area contributed by atoms with Crippen molar-refractivity contribution < 1.29 is 13.6 Å². The topological polar surface area (TPSA) is 61.0 Å². The smallest absolute Gasteiger partial charge is 0.295 e. The minimum absolute atomic E-state index is 0.297. The molecule has 0 unspecified atom stereocenters. The summed E-state index contributed by atoms with van der Waals surface area (Å²) in [5.74, 6) is 0.0868. The van der Waals surface area contributed by atoms with Crippen LogP contribution in [-0.2, 0) is 0 Å². The molecule has 0 saturated carbocycles. The van der Waals surface area contributed by atoms with Gasteiger partial charge < -0.3 is 15.2 Å². The number of imidazole rings is 1. The third-order valence-corrected chi connectivity index (χ3v) is 5.24. The number of fused-ring (bicyclic) bond motifs is 1. The van der Waals surface area contributed by atoms with Crippen molar-refractivity contribution in [3.05, 3.63) is 53.9 Å². The first kappa shape index (κ1) is 18.4. The number of carbonyl (C=O) groups excluding carboxylic acids is 1. The molecule has 2 N–H and O–H groups in total. The number of amides is 1. The lowest BCUT2D eigenvalue weighted by Crippen LogP contribution is -2.32. The van der Waals surface area contributed by atoms with Gasteiger partial charge in [-0.15, -0.1) is 0 Å². The maximum Gasteiger partial charge on any atom is 0.295 e. The Morgan fingerprint density at radius 2 is 1.89 bits per heavy atom. The average Bonchev–Trinajstić information content (AvgIpc) is 3.13. The van der Waals surface area contributed by atoms with Crippen LogP contribution in [0.4, 0.5) is 20.2 Å². The number of piperidine rings is 1. The van der Waals surface area contributed by atoms with Gasteiger partial charge in [-0.25, -0.2) is 13.8 Å². The second-order valence-electron chi connectivity index (χ2n) is 7.33. The quantitative estimate of drug-likeness (QED) is 0.666. The van der Waals surface area contributed by atoms with E-state index in [0.29, 0.717) is 22.3 Å². The van der Waals surface area contributed by atoms with Crippen LogP contribution in [0.15, 0.2) is 42.5 Å². The van der Waals surface area contributed by atoms with Crippen LogP contribution in [0.1, 0.15) is 42.4 Å². The second-order valence-corrected chi connectivity index (χ2v) is 7.33. The van der Waals surface area contributed by atoms with Crippen molar-refractivity contribution in [2.24, 2.45) is 5.92 Å². The van der Waals surface area contributed by atoms with Gasteiger partial charge in [0.25, 0.3) is 12.3 Å². The zero-order valence-electron chi connectivity index (χ0n) is 15.6. The van der Waals surface area contributed by atoms with Gasteiger partial charge in [0.15, 0.2) is 5.82 Å². The molecule has 1 amide bonds. The Morgan fingerprint density at radius 1 is 1.18 bits per heavy atom. The molecule has 2 aromatic carbocycles. The Morgan fingerprint density at radius 3 is 2.57 bits per heavy atom. The number of halogens is 2. The van der Waals surface area contributed by atoms with Gasteiger partial charge in [-0.05, 0) is 61.2 Å². The zero-order chi connectivity index (χ0) is 19.7. The van der Waals surface area contributed by atoms with E-state index < -0.39 is 12.2 Å². The van der Waals surface area contributed by atoms with Gasteiger partial charge in [-0.1, -0.05) is 6.92 Å². The summed E-state index contributed by atoms with van der Waals surface area (Å²) in [5, 5.41) is 2.85. The highest BCUT2D eigenvalue weighted by Gasteiger charge is 2.17. The highest BCUT2D eigenvalue weighted by atomic mass is 19.3. The number of alkyl halides is 2. The molecule has 0 aliphatic carbocycles. The minimum atomic E-state index is -2.67. The molecule has 0 spiro atoms. The molecule has 3 aromatic rings. The van der Waals surface area contributed by atoms with E-state index in [1.165, 1.54) is 18.9 Å². The Balaban J connectivity index is 1.45. The fraction of sp³-hybridized carbons (Fsp3) is 0.333. The molecule has 5 nitrogen and oxygen atoms in total. The lowest BCUT2D eigenvalue weighted by Gasteiger charge is -2.32. The number of hydrogen-bond acceptors (Lipinski definition) is 3. The number of aromatic nitrogens is 2. The predicted molar refractivity (Wildman–Crippen MR) is 106 cm³/mol. The van der Waals surface area contributed by atoms with Crippen molar-refractivity contribution >= 4 is 28.3 Å². The number of H-pyrrole nitrogens is 1. The molecule has 7 heteroatoms. The van der Waals surface area contributed by atoms with E-state index >= 15 is 0 Å². The van der Waals surface area contributed by atoms with Gasteiger partial charge in [0.2, 0.25) is 0 Å². The molecular weight excluding hydrogens is 362 g/mol. The summed E-state index contributed by atoms with van der Waals surface area (Å²) in [4.78, 5) is 21.2. The maximum atomic E-state index is 12.8. The van der Waals surface area contributed by atoms with Crippen LogP contribution in [-0.4, -0.2) is 29.0 Å². The van der Waals surface area contributed by atoms with Crippen LogP contribution >= 0.6 is 0 Å². The number of rotatable bonds is 4. The van der Waals surface area contributed by atoms with Gasteiger partial charge >= 0.3 is 0 Å². The van der Waals surface area contributed by atoms with Crippen molar-refractivity contribution in [1.82, 2.24) is 9.97 Å². The van der Waals surface area contributed by atoms with Crippen molar-refractivity contribution in [3.63, 3.8) is 0 Å². The summed E-state index contributed by atoms with van der Waals surface area (Å²) in [6, 6.07) is 12.5. The summed E-state index contributed by atoms with van der Waals surface area (Å²) >= 11 is 0. The van der Waals surface area contributed by atoms with Gasteiger partial charge in [0, 0.05) is 30.0 Å². The molecular formula is C21H22F2N4O. The van der Waals surface area contributed by atoms with Crippen LogP contribution in [0.5, 0.6) is 0 Å². The van der Waals surface area contributed by atoms with Crippen LogP contribution in [0.25, 0.3) is 11.0 Å². The average molecular weight is 384 g/mol. The summed E-state index contributed by atoms with van der Waals surface area (Å²) in [5.41, 5.74) is 3.05. The molecule has 1 saturated heterocycles. The Kier molecular flexibility index (Phi) is 4.98. The van der Waals surface area contributed by atoms with E-state index in [9.17, 15) is 13.6 Å². The summed E-state index contributed by atoms with van der Waals surface area (Å²) in [7, 11) is 0. The molecule has 1 aromatic heterocycles. The maximum absolute atomic E-state index is 12.8. The number of nitrogens with one attached hydrogen (secondary N) is 2. The molecule has 1 aliphatic rings. The van der Waals surface area contributed by atoms with Crippen LogP contribution in [0.2, 0.25) is 0 Å². The van der Waals surface area contributed by atoms with Crippen LogP contribution in [0, 0.1) is 5.92 Å². The number of anilines is 2. The van der Waals surface area contributed by atoms with Gasteiger partial charge in [0.05, 0.1) is 11.0 Å². The molecule has 0 atom stereocenters. The third kappa shape index (κ3) is 3.83. The zero-order valence-corrected chi connectivity index (χ0v) is 15.6.